The van der Waals surface area contributed by atoms with Crippen molar-refractivity contribution in [2.75, 3.05) is 7.11 Å². The molecule has 5 heteroatoms. The molecule has 1 heterocycles. The molecule has 1 aromatic rings. The Kier molecular flexibility index (Phi) is 4.68. The van der Waals surface area contributed by atoms with Crippen LogP contribution in [0.2, 0.25) is 0 Å². The molecule has 0 amide bonds. The molecule has 0 aliphatic carbocycles. The van der Waals surface area contributed by atoms with Crippen molar-refractivity contribution >= 4 is 9.84 Å². The van der Waals surface area contributed by atoms with E-state index in [1.54, 1.807) is 21.0 Å². The van der Waals surface area contributed by atoms with Crippen molar-refractivity contribution in [3.63, 3.8) is 0 Å². The summed E-state index contributed by atoms with van der Waals surface area (Å²) in [5, 5.41) is -0.468. The first-order valence-electron chi connectivity index (χ1n) is 7.43. The van der Waals surface area contributed by atoms with E-state index in [0.717, 1.165) is 11.3 Å². The number of hydrogen-bond donors (Lipinski definition) is 0. The Morgan fingerprint density at radius 2 is 1.82 bits per heavy atom. The second-order valence-corrected chi connectivity index (χ2v) is 8.94. The molecule has 0 N–H and O–H groups in total. The van der Waals surface area contributed by atoms with Crippen LogP contribution in [-0.2, 0) is 14.6 Å². The molecule has 0 bridgehead atoms. The Balaban J connectivity index is 2.48. The normalized spacial score (nSPS) is 21.5. The zero-order valence-electron chi connectivity index (χ0n) is 13.8. The third kappa shape index (κ3) is 3.36. The van der Waals surface area contributed by atoms with Crippen LogP contribution in [-0.4, -0.2) is 26.4 Å². The molecule has 22 heavy (non-hydrogen) atoms. The minimum Gasteiger partial charge on any atom is -0.497 e. The summed E-state index contributed by atoms with van der Waals surface area (Å²) in [5.74, 6) is 0.732. The highest BCUT2D eigenvalue weighted by Crippen LogP contribution is 2.41. The first-order chi connectivity index (χ1) is 10.2. The van der Waals surface area contributed by atoms with Gasteiger partial charge in [-0.1, -0.05) is 18.2 Å². The molecule has 0 aromatic heterocycles. The largest absolute Gasteiger partial charge is 0.497 e. The molecular formula is C17H24O4S. The fourth-order valence-corrected chi connectivity index (χ4v) is 3.77. The summed E-state index contributed by atoms with van der Waals surface area (Å²) in [7, 11) is -1.76. The third-order valence-corrected chi connectivity index (χ3v) is 6.14. The van der Waals surface area contributed by atoms with E-state index in [0.29, 0.717) is 11.3 Å². The lowest BCUT2D eigenvalue weighted by atomic mass is 9.97. The third-order valence-electron chi connectivity index (χ3n) is 3.86. The van der Waals surface area contributed by atoms with Gasteiger partial charge in [0.2, 0.25) is 0 Å². The molecule has 0 spiro atoms. The van der Waals surface area contributed by atoms with Crippen LogP contribution in [0.1, 0.15) is 45.8 Å². The van der Waals surface area contributed by atoms with Gasteiger partial charge in [0.25, 0.3) is 0 Å². The molecule has 0 fully saturated rings. The van der Waals surface area contributed by atoms with Crippen molar-refractivity contribution < 1.29 is 17.9 Å². The zero-order chi connectivity index (χ0) is 16.5. The average molecular weight is 324 g/mol. The average Bonchev–Trinajstić information content (AvgIpc) is 2.46. The van der Waals surface area contributed by atoms with Crippen molar-refractivity contribution in [3.05, 3.63) is 40.8 Å². The molecule has 1 aromatic carbocycles. The minimum absolute atomic E-state index is 0.368. The van der Waals surface area contributed by atoms with Gasteiger partial charge in [-0.3, -0.25) is 0 Å². The van der Waals surface area contributed by atoms with Crippen LogP contribution in [0.3, 0.4) is 0 Å². The predicted molar refractivity (Wildman–Crippen MR) is 87.7 cm³/mol. The van der Waals surface area contributed by atoms with Gasteiger partial charge in [0.1, 0.15) is 11.9 Å². The van der Waals surface area contributed by atoms with E-state index < -0.39 is 21.2 Å². The maximum absolute atomic E-state index is 12.6. The molecule has 1 atom stereocenters. The van der Waals surface area contributed by atoms with Gasteiger partial charge in [0.05, 0.1) is 22.9 Å². The van der Waals surface area contributed by atoms with Crippen molar-refractivity contribution in [2.45, 2.75) is 51.1 Å². The van der Waals surface area contributed by atoms with Gasteiger partial charge in [0.15, 0.2) is 9.84 Å². The van der Waals surface area contributed by atoms with Gasteiger partial charge >= 0.3 is 0 Å². The molecule has 0 unspecified atom stereocenters. The minimum atomic E-state index is -3.36. The van der Waals surface area contributed by atoms with Crippen LogP contribution in [0.25, 0.3) is 0 Å². The Morgan fingerprint density at radius 3 is 2.32 bits per heavy atom. The van der Waals surface area contributed by atoms with Crippen LogP contribution in [0.15, 0.2) is 35.2 Å². The molecule has 1 aliphatic heterocycles. The highest BCUT2D eigenvalue weighted by molar-refractivity contribution is 7.95. The van der Waals surface area contributed by atoms with Gasteiger partial charge in [-0.05, 0) is 51.8 Å². The van der Waals surface area contributed by atoms with E-state index in [2.05, 4.69) is 0 Å². The Bertz CT molecular complexity index is 654. The van der Waals surface area contributed by atoms with Gasteiger partial charge in [0, 0.05) is 0 Å². The molecule has 1 aliphatic rings. The molecular weight excluding hydrogens is 300 g/mol. The highest BCUT2D eigenvalue weighted by Gasteiger charge is 2.38. The smallest absolute Gasteiger partial charge is 0.179 e. The number of ether oxygens (including phenoxy) is 2. The molecule has 0 radical (unpaired) electrons. The Hall–Kier alpha value is -1.33. The van der Waals surface area contributed by atoms with E-state index in [1.807, 2.05) is 44.2 Å². The maximum atomic E-state index is 12.6. The number of methoxy groups -OCH3 is 1. The van der Waals surface area contributed by atoms with Crippen molar-refractivity contribution in [1.82, 2.24) is 0 Å². The molecule has 0 saturated heterocycles. The first kappa shape index (κ1) is 17.0. The molecule has 4 nitrogen and oxygen atoms in total. The predicted octanol–water partition coefficient (Wildman–Crippen LogP) is 3.64. The van der Waals surface area contributed by atoms with Crippen molar-refractivity contribution in [3.8, 4) is 5.75 Å². The second-order valence-electron chi connectivity index (χ2n) is 6.44. The highest BCUT2D eigenvalue weighted by atomic mass is 32.2. The number of rotatable bonds is 4. The molecule has 0 saturated carbocycles. The van der Waals surface area contributed by atoms with Crippen LogP contribution < -0.4 is 4.74 Å². The standard InChI is InChI=1S/C17H24O4S/c1-12(2)22(18,19)15-10-11-17(3,4)21-16(15)13-6-8-14(20-5)9-7-13/h6-10,12,16H,11H2,1-5H3/t16-/m0/s1. The fourth-order valence-electron chi connectivity index (χ4n) is 2.43. The van der Waals surface area contributed by atoms with Crippen LogP contribution in [0.5, 0.6) is 5.75 Å². The molecule has 2 rings (SSSR count). The number of hydrogen-bond acceptors (Lipinski definition) is 4. The van der Waals surface area contributed by atoms with E-state index in [4.69, 9.17) is 9.47 Å². The lowest BCUT2D eigenvalue weighted by Crippen LogP contribution is -2.34. The van der Waals surface area contributed by atoms with E-state index >= 15 is 0 Å². The summed E-state index contributed by atoms with van der Waals surface area (Å²) in [6.45, 7) is 7.33. The summed E-state index contributed by atoms with van der Waals surface area (Å²) in [5.41, 5.74) is 0.435. The van der Waals surface area contributed by atoms with Gasteiger partial charge < -0.3 is 9.47 Å². The first-order valence-corrected chi connectivity index (χ1v) is 8.98. The number of benzene rings is 1. The summed E-state index contributed by atoms with van der Waals surface area (Å²) in [4.78, 5) is 0.368. The quantitative estimate of drug-likeness (QED) is 0.848. The van der Waals surface area contributed by atoms with Crippen LogP contribution in [0, 0.1) is 0 Å². The second kappa shape index (κ2) is 6.05. The molecule has 122 valence electrons. The monoisotopic (exact) mass is 324 g/mol. The summed E-state index contributed by atoms with van der Waals surface area (Å²) in [6.07, 6.45) is 1.83. The van der Waals surface area contributed by atoms with Gasteiger partial charge in [-0.2, -0.15) is 0 Å². The van der Waals surface area contributed by atoms with Crippen LogP contribution in [0.4, 0.5) is 0 Å². The summed E-state index contributed by atoms with van der Waals surface area (Å²) in [6, 6.07) is 7.35. The van der Waals surface area contributed by atoms with E-state index in [-0.39, 0.29) is 5.60 Å². The topological polar surface area (TPSA) is 52.6 Å². The maximum Gasteiger partial charge on any atom is 0.179 e. The Morgan fingerprint density at radius 1 is 1.23 bits per heavy atom. The van der Waals surface area contributed by atoms with Gasteiger partial charge in [-0.15, -0.1) is 0 Å². The van der Waals surface area contributed by atoms with Crippen molar-refractivity contribution in [1.29, 1.82) is 0 Å². The Labute approximate surface area is 133 Å². The van der Waals surface area contributed by atoms with Gasteiger partial charge in [-0.25, -0.2) is 8.42 Å². The fraction of sp³-hybridized carbons (Fsp3) is 0.529. The van der Waals surface area contributed by atoms with Crippen LogP contribution >= 0.6 is 0 Å². The lowest BCUT2D eigenvalue weighted by molar-refractivity contribution is -0.0612. The van der Waals surface area contributed by atoms with E-state index in [1.165, 1.54) is 0 Å². The lowest BCUT2D eigenvalue weighted by Gasteiger charge is -2.36. The SMILES string of the molecule is COc1ccc([C@@H]2OC(C)(C)CC=C2S(=O)(=O)C(C)C)cc1. The number of sulfone groups is 1. The summed E-state index contributed by atoms with van der Waals surface area (Å²) >= 11 is 0. The summed E-state index contributed by atoms with van der Waals surface area (Å²) < 4.78 is 36.5. The van der Waals surface area contributed by atoms with E-state index in [9.17, 15) is 8.42 Å². The zero-order valence-corrected chi connectivity index (χ0v) is 14.6. The van der Waals surface area contributed by atoms with Crippen molar-refractivity contribution in [2.24, 2.45) is 0 Å².